The minimum atomic E-state index is -0.518. The van der Waals surface area contributed by atoms with Crippen molar-refractivity contribution in [2.24, 2.45) is 5.92 Å². The number of nitrogens with one attached hydrogen (secondary N) is 3. The quantitative estimate of drug-likeness (QED) is 0.264. The Morgan fingerprint density at radius 2 is 1.69 bits per heavy atom. The number of carbonyl (C=O) groups excluding carboxylic acids is 3. The van der Waals surface area contributed by atoms with Crippen LogP contribution in [0.5, 0.6) is 11.5 Å². The van der Waals surface area contributed by atoms with Crippen LogP contribution in [0.15, 0.2) is 42.5 Å². The molecule has 2 aromatic carbocycles. The highest BCUT2D eigenvalue weighted by atomic mass is 16.5. The Hall–Kier alpha value is -4.03. The number of hydrogen-bond donors (Lipinski definition) is 4. The van der Waals surface area contributed by atoms with E-state index in [9.17, 15) is 19.5 Å². The minimum Gasteiger partial charge on any atom is -0.497 e. The molecule has 2 aliphatic rings. The SMILES string of the molecule is COc1ccc(NC(=O)N(C)C[C@H]2OCCCC[C@H](C)Oc3ccc(NC(=O)NC4CCCCC4)cc3C(=O)N([C@H](C)CO)C[C@H]2C)cc1. The molecule has 0 bridgehead atoms. The number of amides is 5. The van der Waals surface area contributed by atoms with E-state index in [4.69, 9.17) is 14.2 Å². The predicted octanol–water partition coefficient (Wildman–Crippen LogP) is 6.11. The third-order valence-corrected chi connectivity index (χ3v) is 9.39. The first-order valence-electron chi connectivity index (χ1n) is 17.7. The van der Waals surface area contributed by atoms with Crippen LogP contribution in [0.1, 0.15) is 82.5 Å². The van der Waals surface area contributed by atoms with E-state index in [2.05, 4.69) is 16.0 Å². The average molecular weight is 682 g/mol. The van der Waals surface area contributed by atoms with E-state index in [0.717, 1.165) is 44.9 Å². The number of rotatable bonds is 8. The summed E-state index contributed by atoms with van der Waals surface area (Å²) >= 11 is 0. The Morgan fingerprint density at radius 3 is 2.39 bits per heavy atom. The van der Waals surface area contributed by atoms with Gasteiger partial charge in [0.05, 0.1) is 37.5 Å². The lowest BCUT2D eigenvalue weighted by atomic mass is 9.96. The zero-order chi connectivity index (χ0) is 35.3. The number of anilines is 2. The van der Waals surface area contributed by atoms with Crippen LogP contribution in [0.25, 0.3) is 0 Å². The number of hydrogen-bond acceptors (Lipinski definition) is 7. The molecule has 1 saturated carbocycles. The van der Waals surface area contributed by atoms with Crippen LogP contribution in [0.3, 0.4) is 0 Å². The molecule has 49 heavy (non-hydrogen) atoms. The van der Waals surface area contributed by atoms with Crippen LogP contribution in [-0.2, 0) is 4.74 Å². The fraction of sp³-hybridized carbons (Fsp3) is 0.595. The number of benzene rings is 2. The van der Waals surface area contributed by atoms with E-state index in [1.807, 2.05) is 13.8 Å². The number of nitrogens with zero attached hydrogens (tertiary/aromatic N) is 2. The number of aliphatic hydroxyl groups excluding tert-OH is 1. The molecule has 1 fully saturated rings. The minimum absolute atomic E-state index is 0.141. The maximum Gasteiger partial charge on any atom is 0.321 e. The molecule has 4 rings (SSSR count). The van der Waals surface area contributed by atoms with Crippen molar-refractivity contribution in [1.29, 1.82) is 0 Å². The molecule has 1 heterocycles. The van der Waals surface area contributed by atoms with Gasteiger partial charge in [-0.25, -0.2) is 9.59 Å². The van der Waals surface area contributed by atoms with Crippen molar-refractivity contribution in [2.45, 2.75) is 96.4 Å². The molecule has 4 N–H and O–H groups in total. The highest BCUT2D eigenvalue weighted by Crippen LogP contribution is 2.29. The van der Waals surface area contributed by atoms with Gasteiger partial charge in [-0.1, -0.05) is 26.2 Å². The number of ether oxygens (including phenoxy) is 3. The number of methoxy groups -OCH3 is 1. The molecule has 4 atom stereocenters. The summed E-state index contributed by atoms with van der Waals surface area (Å²) in [4.78, 5) is 43.6. The van der Waals surface area contributed by atoms with Crippen molar-refractivity contribution in [3.63, 3.8) is 0 Å². The van der Waals surface area contributed by atoms with E-state index in [-0.39, 0.29) is 55.3 Å². The first-order chi connectivity index (χ1) is 23.6. The summed E-state index contributed by atoms with van der Waals surface area (Å²) in [6.45, 7) is 6.55. The summed E-state index contributed by atoms with van der Waals surface area (Å²) in [6, 6.07) is 11.3. The molecule has 12 heteroatoms. The monoisotopic (exact) mass is 681 g/mol. The normalized spacial score (nSPS) is 21.7. The summed E-state index contributed by atoms with van der Waals surface area (Å²) in [7, 11) is 3.30. The average Bonchev–Trinajstić information content (AvgIpc) is 3.10. The number of likely N-dealkylation sites (N-methyl/N-ethyl adjacent to an activating group) is 1. The van der Waals surface area contributed by atoms with Crippen LogP contribution >= 0.6 is 0 Å². The first kappa shape index (κ1) is 37.8. The second-order valence-corrected chi connectivity index (χ2v) is 13.5. The molecule has 2 aromatic rings. The molecule has 0 radical (unpaired) electrons. The summed E-state index contributed by atoms with van der Waals surface area (Å²) in [5, 5.41) is 19.1. The Labute approximate surface area is 290 Å². The predicted molar refractivity (Wildman–Crippen MR) is 191 cm³/mol. The lowest BCUT2D eigenvalue weighted by Gasteiger charge is -2.35. The van der Waals surface area contributed by atoms with Crippen molar-refractivity contribution >= 4 is 29.3 Å². The van der Waals surface area contributed by atoms with Gasteiger partial charge < -0.3 is 45.1 Å². The fourth-order valence-corrected chi connectivity index (χ4v) is 6.31. The first-order valence-corrected chi connectivity index (χ1v) is 17.7. The molecule has 5 amide bonds. The Bertz CT molecular complexity index is 1370. The Balaban J connectivity index is 1.54. The molecular weight excluding hydrogens is 626 g/mol. The largest absolute Gasteiger partial charge is 0.497 e. The van der Waals surface area contributed by atoms with E-state index < -0.39 is 6.04 Å². The number of fused-ring (bicyclic) bond motifs is 1. The summed E-state index contributed by atoms with van der Waals surface area (Å²) in [5.41, 5.74) is 1.43. The Morgan fingerprint density at radius 1 is 1.00 bits per heavy atom. The van der Waals surface area contributed by atoms with Crippen LogP contribution < -0.4 is 25.4 Å². The molecule has 1 aliphatic carbocycles. The molecular formula is C37H55N5O7. The Kier molecular flexibility index (Phi) is 14.4. The second kappa shape index (κ2) is 18.7. The van der Waals surface area contributed by atoms with Crippen molar-refractivity contribution in [2.75, 3.05) is 51.1 Å². The highest BCUT2D eigenvalue weighted by molar-refractivity contribution is 5.99. The van der Waals surface area contributed by atoms with Gasteiger partial charge in [0.1, 0.15) is 11.5 Å². The second-order valence-electron chi connectivity index (χ2n) is 13.5. The topological polar surface area (TPSA) is 142 Å². The van der Waals surface area contributed by atoms with E-state index >= 15 is 0 Å². The fourth-order valence-electron chi connectivity index (χ4n) is 6.31. The molecule has 12 nitrogen and oxygen atoms in total. The van der Waals surface area contributed by atoms with Crippen LogP contribution in [0.4, 0.5) is 21.0 Å². The van der Waals surface area contributed by atoms with Gasteiger partial charge in [0.15, 0.2) is 0 Å². The highest BCUT2D eigenvalue weighted by Gasteiger charge is 2.31. The zero-order valence-corrected chi connectivity index (χ0v) is 29.7. The lowest BCUT2D eigenvalue weighted by Crippen LogP contribution is -2.48. The maximum atomic E-state index is 14.4. The van der Waals surface area contributed by atoms with Crippen molar-refractivity contribution in [3.8, 4) is 11.5 Å². The van der Waals surface area contributed by atoms with E-state index in [0.29, 0.717) is 41.6 Å². The van der Waals surface area contributed by atoms with Crippen molar-refractivity contribution < 1.29 is 33.7 Å². The number of urea groups is 2. The van der Waals surface area contributed by atoms with Crippen molar-refractivity contribution in [3.05, 3.63) is 48.0 Å². The molecule has 0 spiro atoms. The third kappa shape index (κ3) is 11.3. The van der Waals surface area contributed by atoms with Crippen LogP contribution in [0, 0.1) is 5.92 Å². The summed E-state index contributed by atoms with van der Waals surface area (Å²) in [5.74, 6) is 0.593. The number of aliphatic hydroxyl groups is 1. The van der Waals surface area contributed by atoms with Gasteiger partial charge in [-0.15, -0.1) is 0 Å². The number of carbonyl (C=O) groups is 3. The van der Waals surface area contributed by atoms with Gasteiger partial charge >= 0.3 is 12.1 Å². The standard InChI is InChI=1S/C37H55N5O7/c1-25-22-42(26(2)24-43)35(44)32-21-30(39-36(45)38-28-12-7-6-8-13-28)16-19-33(32)49-27(3)11-9-10-20-48-34(25)23-41(4)37(46)40-29-14-17-31(47-5)18-15-29/h14-19,21,25-28,34,43H,6-13,20,22-24H2,1-5H3,(H,40,46)(H2,38,39,45)/t25-,26-,27+,34-/m1/s1. The van der Waals surface area contributed by atoms with E-state index in [1.54, 1.807) is 73.3 Å². The molecule has 0 aromatic heterocycles. The summed E-state index contributed by atoms with van der Waals surface area (Å²) < 4.78 is 17.9. The smallest absolute Gasteiger partial charge is 0.321 e. The molecule has 1 aliphatic heterocycles. The summed E-state index contributed by atoms with van der Waals surface area (Å²) in [6.07, 6.45) is 7.17. The molecule has 0 unspecified atom stereocenters. The van der Waals surface area contributed by atoms with Gasteiger partial charge in [-0.05, 0) is 88.4 Å². The lowest BCUT2D eigenvalue weighted by molar-refractivity contribution is -0.0115. The van der Waals surface area contributed by atoms with Crippen molar-refractivity contribution in [1.82, 2.24) is 15.1 Å². The van der Waals surface area contributed by atoms with Gasteiger partial charge in [0.25, 0.3) is 5.91 Å². The van der Waals surface area contributed by atoms with E-state index in [1.165, 1.54) is 6.42 Å². The third-order valence-electron chi connectivity index (χ3n) is 9.39. The van der Waals surface area contributed by atoms with Gasteiger partial charge in [0.2, 0.25) is 0 Å². The molecule has 270 valence electrons. The zero-order valence-electron chi connectivity index (χ0n) is 29.7. The van der Waals surface area contributed by atoms with Crippen LogP contribution in [0.2, 0.25) is 0 Å². The van der Waals surface area contributed by atoms with Gasteiger partial charge in [0, 0.05) is 50.1 Å². The molecule has 0 saturated heterocycles. The maximum absolute atomic E-state index is 14.4. The van der Waals surface area contributed by atoms with Gasteiger partial charge in [-0.2, -0.15) is 0 Å². The van der Waals surface area contributed by atoms with Crippen LogP contribution in [-0.4, -0.2) is 97.6 Å². The van der Waals surface area contributed by atoms with Gasteiger partial charge in [-0.3, -0.25) is 4.79 Å².